The molecule has 1 heterocycles. The van der Waals surface area contributed by atoms with Crippen molar-refractivity contribution in [3.05, 3.63) is 78.3 Å². The summed E-state index contributed by atoms with van der Waals surface area (Å²) >= 11 is 1.47. The second-order valence-corrected chi connectivity index (χ2v) is 9.17. The molecular formula is C21H18N2O4S2. The molecule has 148 valence electrons. The third-order valence-electron chi connectivity index (χ3n) is 3.93. The lowest BCUT2D eigenvalue weighted by Crippen LogP contribution is -2.11. The molecule has 0 aliphatic carbocycles. The van der Waals surface area contributed by atoms with E-state index < -0.39 is 15.7 Å². The van der Waals surface area contributed by atoms with Gasteiger partial charge in [0, 0.05) is 17.1 Å². The first-order valence-electron chi connectivity index (χ1n) is 8.76. The summed E-state index contributed by atoms with van der Waals surface area (Å²) < 4.78 is 30.4. The van der Waals surface area contributed by atoms with Crippen molar-refractivity contribution >= 4 is 33.2 Å². The van der Waals surface area contributed by atoms with Gasteiger partial charge in [0.05, 0.1) is 16.7 Å². The molecule has 29 heavy (non-hydrogen) atoms. The summed E-state index contributed by atoms with van der Waals surface area (Å²) in [6.45, 7) is 0. The molecule has 0 spiro atoms. The number of thioether (sulfide) groups is 1. The fraction of sp³-hybridized carbons (Fsp3) is 0.143. The van der Waals surface area contributed by atoms with E-state index in [0.717, 1.165) is 4.90 Å². The molecule has 3 rings (SSSR count). The molecule has 6 nitrogen and oxygen atoms in total. The van der Waals surface area contributed by atoms with Gasteiger partial charge in [-0.2, -0.15) is 5.26 Å². The van der Waals surface area contributed by atoms with Crippen LogP contribution in [0, 0.1) is 11.3 Å². The number of benzene rings is 2. The summed E-state index contributed by atoms with van der Waals surface area (Å²) in [6, 6.07) is 20.4. The molecule has 0 aliphatic heterocycles. The Bertz CT molecular complexity index is 1130. The fourth-order valence-corrected chi connectivity index (χ4v) is 4.69. The quantitative estimate of drug-likeness (QED) is 0.420. The number of amides is 1. The van der Waals surface area contributed by atoms with Crippen LogP contribution in [0.4, 0.5) is 5.69 Å². The number of furan rings is 1. The minimum atomic E-state index is -3.56. The summed E-state index contributed by atoms with van der Waals surface area (Å²) in [5.41, 5.74) is 0.607. The molecule has 2 aromatic carbocycles. The highest BCUT2D eigenvalue weighted by molar-refractivity contribution is 7.99. The van der Waals surface area contributed by atoms with Gasteiger partial charge in [0.15, 0.2) is 15.6 Å². The lowest BCUT2D eigenvalue weighted by molar-refractivity contribution is 0.0995. The SMILES string of the molecule is N#CCCSc1ccccc1NC(=O)c1ccc(CS(=O)(=O)c2ccccc2)o1. The van der Waals surface area contributed by atoms with Crippen molar-refractivity contribution < 1.29 is 17.6 Å². The molecule has 3 aromatic rings. The van der Waals surface area contributed by atoms with E-state index >= 15 is 0 Å². The van der Waals surface area contributed by atoms with Gasteiger partial charge in [-0.3, -0.25) is 4.79 Å². The zero-order valence-electron chi connectivity index (χ0n) is 15.4. The van der Waals surface area contributed by atoms with Crippen LogP contribution in [-0.4, -0.2) is 20.1 Å². The highest BCUT2D eigenvalue weighted by Crippen LogP contribution is 2.28. The Morgan fingerprint density at radius 3 is 2.52 bits per heavy atom. The van der Waals surface area contributed by atoms with Crippen molar-refractivity contribution in [3.8, 4) is 6.07 Å². The number of nitriles is 1. The maximum atomic E-state index is 12.5. The molecule has 1 amide bonds. The third kappa shape index (κ3) is 5.50. The van der Waals surface area contributed by atoms with E-state index in [1.54, 1.807) is 30.3 Å². The zero-order chi connectivity index (χ0) is 20.7. The first kappa shape index (κ1) is 20.7. The average molecular weight is 427 g/mol. The van der Waals surface area contributed by atoms with E-state index in [-0.39, 0.29) is 22.2 Å². The smallest absolute Gasteiger partial charge is 0.291 e. The number of nitrogens with one attached hydrogen (secondary N) is 1. The van der Waals surface area contributed by atoms with Crippen LogP contribution in [0.2, 0.25) is 0 Å². The highest BCUT2D eigenvalue weighted by Gasteiger charge is 2.19. The number of hydrogen-bond donors (Lipinski definition) is 1. The van der Waals surface area contributed by atoms with Gasteiger partial charge < -0.3 is 9.73 Å². The van der Waals surface area contributed by atoms with Crippen LogP contribution < -0.4 is 5.32 Å². The van der Waals surface area contributed by atoms with Crippen molar-refractivity contribution in [1.29, 1.82) is 5.26 Å². The van der Waals surface area contributed by atoms with Gasteiger partial charge in [0.25, 0.3) is 5.91 Å². The number of anilines is 1. The standard InChI is InChI=1S/C21H18N2O4S2/c22-13-6-14-28-20-10-5-4-9-18(20)23-21(24)19-12-11-16(27-19)15-29(25,26)17-7-2-1-3-8-17/h1-5,7-12H,6,14-15H2,(H,23,24). The van der Waals surface area contributed by atoms with Crippen molar-refractivity contribution in [1.82, 2.24) is 0 Å². The van der Waals surface area contributed by atoms with E-state index in [9.17, 15) is 13.2 Å². The Hall–Kier alpha value is -3.02. The molecule has 0 aliphatic rings. The Kier molecular flexibility index (Phi) is 6.75. The summed E-state index contributed by atoms with van der Waals surface area (Å²) in [7, 11) is -3.56. The first-order valence-corrected chi connectivity index (χ1v) is 11.4. The predicted molar refractivity (Wildman–Crippen MR) is 111 cm³/mol. The Labute approximate surface area is 173 Å². The average Bonchev–Trinajstić information content (AvgIpc) is 3.18. The number of rotatable bonds is 8. The number of nitrogens with zero attached hydrogens (tertiary/aromatic N) is 1. The number of carbonyl (C=O) groups is 1. The van der Waals surface area contributed by atoms with Crippen LogP contribution in [0.15, 0.2) is 80.9 Å². The van der Waals surface area contributed by atoms with Gasteiger partial charge in [0.1, 0.15) is 11.5 Å². The lowest BCUT2D eigenvalue weighted by Gasteiger charge is -2.09. The molecule has 0 bridgehead atoms. The van der Waals surface area contributed by atoms with Crippen molar-refractivity contribution in [2.45, 2.75) is 22.0 Å². The monoisotopic (exact) mass is 426 g/mol. The number of hydrogen-bond acceptors (Lipinski definition) is 6. The van der Waals surface area contributed by atoms with Crippen LogP contribution in [0.1, 0.15) is 22.7 Å². The number of para-hydroxylation sites is 1. The number of sulfone groups is 1. The molecule has 0 saturated carbocycles. The highest BCUT2D eigenvalue weighted by atomic mass is 32.2. The zero-order valence-corrected chi connectivity index (χ0v) is 17.0. The molecular weight excluding hydrogens is 408 g/mol. The van der Waals surface area contributed by atoms with E-state index in [1.165, 1.54) is 36.0 Å². The Morgan fingerprint density at radius 2 is 1.76 bits per heavy atom. The van der Waals surface area contributed by atoms with Crippen LogP contribution in [0.5, 0.6) is 0 Å². The van der Waals surface area contributed by atoms with E-state index in [1.807, 2.05) is 12.1 Å². The second kappa shape index (κ2) is 9.45. The molecule has 0 radical (unpaired) electrons. The van der Waals surface area contributed by atoms with Crippen LogP contribution >= 0.6 is 11.8 Å². The van der Waals surface area contributed by atoms with Gasteiger partial charge in [-0.05, 0) is 36.4 Å². The maximum Gasteiger partial charge on any atom is 0.291 e. The van der Waals surface area contributed by atoms with Gasteiger partial charge >= 0.3 is 0 Å². The van der Waals surface area contributed by atoms with E-state index in [2.05, 4.69) is 11.4 Å². The van der Waals surface area contributed by atoms with Gasteiger partial charge in [-0.1, -0.05) is 30.3 Å². The van der Waals surface area contributed by atoms with E-state index in [0.29, 0.717) is 17.9 Å². The molecule has 0 unspecified atom stereocenters. The van der Waals surface area contributed by atoms with Gasteiger partial charge in [0.2, 0.25) is 0 Å². The van der Waals surface area contributed by atoms with Crippen LogP contribution in [-0.2, 0) is 15.6 Å². The molecule has 8 heteroatoms. The van der Waals surface area contributed by atoms with Gasteiger partial charge in [-0.15, -0.1) is 11.8 Å². The summed E-state index contributed by atoms with van der Waals surface area (Å²) in [4.78, 5) is 13.6. The lowest BCUT2D eigenvalue weighted by atomic mass is 10.3. The topological polar surface area (TPSA) is 100 Å². The largest absolute Gasteiger partial charge is 0.455 e. The molecule has 0 saturated heterocycles. The van der Waals surface area contributed by atoms with Crippen molar-refractivity contribution in [3.63, 3.8) is 0 Å². The number of carbonyl (C=O) groups excluding carboxylic acids is 1. The van der Waals surface area contributed by atoms with Crippen LogP contribution in [0.25, 0.3) is 0 Å². The third-order valence-corrected chi connectivity index (χ3v) is 6.66. The minimum Gasteiger partial charge on any atom is -0.455 e. The predicted octanol–water partition coefficient (Wildman–Crippen LogP) is 4.51. The van der Waals surface area contributed by atoms with Gasteiger partial charge in [-0.25, -0.2) is 8.42 Å². The van der Waals surface area contributed by atoms with Crippen molar-refractivity contribution in [2.75, 3.05) is 11.1 Å². The first-order chi connectivity index (χ1) is 14.0. The fourth-order valence-electron chi connectivity index (χ4n) is 2.56. The molecule has 1 N–H and O–H groups in total. The van der Waals surface area contributed by atoms with Crippen molar-refractivity contribution in [2.24, 2.45) is 0 Å². The normalized spacial score (nSPS) is 11.0. The molecule has 0 atom stereocenters. The maximum absolute atomic E-state index is 12.5. The van der Waals surface area contributed by atoms with Crippen LogP contribution in [0.3, 0.4) is 0 Å². The molecule has 1 aromatic heterocycles. The second-order valence-electron chi connectivity index (χ2n) is 6.04. The molecule has 0 fully saturated rings. The Balaban J connectivity index is 1.70. The Morgan fingerprint density at radius 1 is 1.03 bits per heavy atom. The van der Waals surface area contributed by atoms with E-state index in [4.69, 9.17) is 9.68 Å². The minimum absolute atomic E-state index is 0.0279. The summed E-state index contributed by atoms with van der Waals surface area (Å²) in [6.07, 6.45) is 0.407. The summed E-state index contributed by atoms with van der Waals surface area (Å²) in [5, 5.41) is 11.5. The summed E-state index contributed by atoms with van der Waals surface area (Å²) in [5.74, 6) is 0.0359.